The molecule has 0 amide bonds. The van der Waals surface area contributed by atoms with E-state index in [1.54, 1.807) is 6.07 Å². The summed E-state index contributed by atoms with van der Waals surface area (Å²) in [6.45, 7) is 5.38. The first kappa shape index (κ1) is 13.7. The minimum atomic E-state index is -0.419. The van der Waals surface area contributed by atoms with Crippen molar-refractivity contribution in [2.45, 2.75) is 25.8 Å². The summed E-state index contributed by atoms with van der Waals surface area (Å²) in [5.41, 5.74) is 8.39. The van der Waals surface area contributed by atoms with E-state index in [1.807, 2.05) is 13.0 Å². The molecule has 1 heterocycles. The van der Waals surface area contributed by atoms with E-state index in [9.17, 15) is 4.79 Å². The van der Waals surface area contributed by atoms with E-state index in [-0.39, 0.29) is 5.54 Å². The molecule has 5 heteroatoms. The van der Waals surface area contributed by atoms with Crippen LogP contribution in [-0.4, -0.2) is 31.8 Å². The first-order chi connectivity index (χ1) is 8.95. The number of rotatable bonds is 3. The zero-order valence-corrected chi connectivity index (χ0v) is 11.6. The van der Waals surface area contributed by atoms with Gasteiger partial charge in [0, 0.05) is 18.0 Å². The van der Waals surface area contributed by atoms with Gasteiger partial charge in [-0.25, -0.2) is 4.79 Å². The van der Waals surface area contributed by atoms with Crippen molar-refractivity contribution < 1.29 is 14.3 Å². The molecule has 1 aliphatic heterocycles. The minimum Gasteiger partial charge on any atom is -0.465 e. The lowest BCUT2D eigenvalue weighted by Gasteiger charge is -2.26. The number of nitrogen functional groups attached to an aromatic ring is 1. The van der Waals surface area contributed by atoms with Crippen LogP contribution >= 0.6 is 0 Å². The minimum absolute atomic E-state index is 0.101. The Morgan fingerprint density at radius 3 is 2.84 bits per heavy atom. The number of benzene rings is 1. The molecule has 0 aliphatic carbocycles. The first-order valence-electron chi connectivity index (χ1n) is 6.29. The van der Waals surface area contributed by atoms with Crippen molar-refractivity contribution in [3.8, 4) is 0 Å². The lowest BCUT2D eigenvalue weighted by molar-refractivity contribution is 0.0602. The van der Waals surface area contributed by atoms with Gasteiger partial charge in [0.05, 0.1) is 24.8 Å². The fraction of sp³-hybridized carbons (Fsp3) is 0.500. The molecule has 19 heavy (non-hydrogen) atoms. The number of nitrogens with two attached hydrogens (primary N) is 1. The van der Waals surface area contributed by atoms with Gasteiger partial charge < -0.3 is 20.5 Å². The molecule has 3 N–H and O–H groups in total. The number of aryl methyl sites for hydroxylation is 1. The Morgan fingerprint density at radius 2 is 2.26 bits per heavy atom. The Kier molecular flexibility index (Phi) is 3.66. The van der Waals surface area contributed by atoms with Gasteiger partial charge in [0.2, 0.25) is 0 Å². The average molecular weight is 264 g/mol. The molecule has 0 bridgehead atoms. The van der Waals surface area contributed by atoms with Gasteiger partial charge in [-0.1, -0.05) is 0 Å². The number of nitrogens with one attached hydrogen (secondary N) is 1. The highest BCUT2D eigenvalue weighted by atomic mass is 16.5. The second-order valence-corrected chi connectivity index (χ2v) is 5.23. The Hall–Kier alpha value is -1.75. The van der Waals surface area contributed by atoms with E-state index < -0.39 is 5.97 Å². The molecule has 1 unspecified atom stereocenters. The van der Waals surface area contributed by atoms with Crippen LogP contribution in [-0.2, 0) is 9.47 Å². The van der Waals surface area contributed by atoms with Crippen LogP contribution < -0.4 is 11.1 Å². The van der Waals surface area contributed by atoms with Crippen molar-refractivity contribution in [2.24, 2.45) is 0 Å². The van der Waals surface area contributed by atoms with Crippen LogP contribution in [0, 0.1) is 6.92 Å². The molecule has 1 aliphatic rings. The number of methoxy groups -OCH3 is 1. The molecular weight excluding hydrogens is 244 g/mol. The number of anilines is 2. The van der Waals surface area contributed by atoms with Crippen LogP contribution in [0.3, 0.4) is 0 Å². The fourth-order valence-corrected chi connectivity index (χ4v) is 2.26. The molecule has 1 fully saturated rings. The number of carbonyl (C=O) groups excluding carboxylic acids is 1. The van der Waals surface area contributed by atoms with Gasteiger partial charge in [-0.2, -0.15) is 0 Å². The predicted molar refractivity (Wildman–Crippen MR) is 74.4 cm³/mol. The Morgan fingerprint density at radius 1 is 1.53 bits per heavy atom. The van der Waals surface area contributed by atoms with Crippen LogP contribution in [0.15, 0.2) is 12.1 Å². The maximum atomic E-state index is 11.7. The summed E-state index contributed by atoms with van der Waals surface area (Å²) in [5.74, 6) is -0.419. The summed E-state index contributed by atoms with van der Waals surface area (Å²) in [6, 6.07) is 3.67. The molecule has 1 aromatic rings. The second kappa shape index (κ2) is 5.09. The number of hydrogen-bond acceptors (Lipinski definition) is 5. The summed E-state index contributed by atoms with van der Waals surface area (Å²) in [7, 11) is 1.35. The highest BCUT2D eigenvalue weighted by molar-refractivity contribution is 5.97. The molecule has 1 aromatic carbocycles. The SMILES string of the molecule is COC(=O)c1cc(NC2(C)CCOC2)cc(C)c1N. The van der Waals surface area contributed by atoms with Crippen molar-refractivity contribution in [3.05, 3.63) is 23.3 Å². The van der Waals surface area contributed by atoms with Gasteiger partial charge in [0.15, 0.2) is 0 Å². The second-order valence-electron chi connectivity index (χ2n) is 5.23. The smallest absolute Gasteiger partial charge is 0.340 e. The number of carbonyl (C=O) groups is 1. The van der Waals surface area contributed by atoms with E-state index in [1.165, 1.54) is 7.11 Å². The standard InChI is InChI=1S/C14H20N2O3/c1-9-6-10(16-14(2)4-5-19-8-14)7-11(12(9)15)13(17)18-3/h6-7,16H,4-5,8,15H2,1-3H3. The molecule has 0 radical (unpaired) electrons. The van der Waals surface area contributed by atoms with Crippen LogP contribution in [0.2, 0.25) is 0 Å². The summed E-state index contributed by atoms with van der Waals surface area (Å²) in [5, 5.41) is 3.42. The first-order valence-corrected chi connectivity index (χ1v) is 6.29. The van der Waals surface area contributed by atoms with Gasteiger partial charge in [0.25, 0.3) is 0 Å². The normalized spacial score (nSPS) is 22.3. The van der Waals surface area contributed by atoms with Crippen molar-refractivity contribution in [1.29, 1.82) is 0 Å². The van der Waals surface area contributed by atoms with Gasteiger partial charge >= 0.3 is 5.97 Å². The zero-order chi connectivity index (χ0) is 14.0. The molecule has 104 valence electrons. The van der Waals surface area contributed by atoms with Crippen molar-refractivity contribution >= 4 is 17.3 Å². The topological polar surface area (TPSA) is 73.6 Å². The van der Waals surface area contributed by atoms with Gasteiger partial charge in [-0.05, 0) is 38.0 Å². The third kappa shape index (κ3) is 2.81. The number of hydrogen-bond donors (Lipinski definition) is 2. The maximum absolute atomic E-state index is 11.7. The van der Waals surface area contributed by atoms with E-state index >= 15 is 0 Å². The molecule has 1 saturated heterocycles. The van der Waals surface area contributed by atoms with Gasteiger partial charge in [-0.3, -0.25) is 0 Å². The maximum Gasteiger partial charge on any atom is 0.340 e. The van der Waals surface area contributed by atoms with Crippen LogP contribution in [0.1, 0.15) is 29.3 Å². The molecule has 1 atom stereocenters. The van der Waals surface area contributed by atoms with E-state index in [4.69, 9.17) is 15.2 Å². The quantitative estimate of drug-likeness (QED) is 0.645. The zero-order valence-electron chi connectivity index (χ0n) is 11.6. The molecular formula is C14H20N2O3. The molecule has 2 rings (SSSR count). The van der Waals surface area contributed by atoms with Crippen molar-refractivity contribution in [2.75, 3.05) is 31.4 Å². The molecule has 0 saturated carbocycles. The summed E-state index contributed by atoms with van der Waals surface area (Å²) in [4.78, 5) is 11.7. The lowest BCUT2D eigenvalue weighted by atomic mass is 10.00. The van der Waals surface area contributed by atoms with Crippen LogP contribution in [0.25, 0.3) is 0 Å². The fourth-order valence-electron chi connectivity index (χ4n) is 2.26. The van der Waals surface area contributed by atoms with E-state index in [2.05, 4.69) is 12.2 Å². The third-order valence-electron chi connectivity index (χ3n) is 3.46. The van der Waals surface area contributed by atoms with Gasteiger partial charge in [0.1, 0.15) is 0 Å². The van der Waals surface area contributed by atoms with Crippen molar-refractivity contribution in [1.82, 2.24) is 0 Å². The number of esters is 1. The summed E-state index contributed by atoms with van der Waals surface area (Å²) >= 11 is 0. The Labute approximate surface area is 113 Å². The van der Waals surface area contributed by atoms with Gasteiger partial charge in [-0.15, -0.1) is 0 Å². The Balaban J connectivity index is 2.31. The predicted octanol–water partition coefficient (Wildman–Crippen LogP) is 1.95. The van der Waals surface area contributed by atoms with Crippen LogP contribution in [0.5, 0.6) is 0 Å². The molecule has 0 aromatic heterocycles. The largest absolute Gasteiger partial charge is 0.465 e. The Bertz CT molecular complexity index is 494. The highest BCUT2D eigenvalue weighted by Gasteiger charge is 2.29. The van der Waals surface area contributed by atoms with E-state index in [0.717, 1.165) is 24.3 Å². The summed E-state index contributed by atoms with van der Waals surface area (Å²) in [6.07, 6.45) is 0.935. The summed E-state index contributed by atoms with van der Waals surface area (Å²) < 4.78 is 10.2. The monoisotopic (exact) mass is 264 g/mol. The third-order valence-corrected chi connectivity index (χ3v) is 3.46. The molecule has 0 spiro atoms. The average Bonchev–Trinajstić information content (AvgIpc) is 2.79. The lowest BCUT2D eigenvalue weighted by Crippen LogP contribution is -2.35. The van der Waals surface area contributed by atoms with E-state index in [0.29, 0.717) is 17.9 Å². The number of ether oxygens (including phenoxy) is 2. The highest BCUT2D eigenvalue weighted by Crippen LogP contribution is 2.28. The molecule has 5 nitrogen and oxygen atoms in total. The van der Waals surface area contributed by atoms with Crippen molar-refractivity contribution in [3.63, 3.8) is 0 Å². The van der Waals surface area contributed by atoms with Crippen LogP contribution in [0.4, 0.5) is 11.4 Å².